The van der Waals surface area contributed by atoms with Crippen LogP contribution in [0.5, 0.6) is 11.5 Å². The maximum absolute atomic E-state index is 12.8. The molecule has 0 bridgehead atoms. The van der Waals surface area contributed by atoms with Gasteiger partial charge >= 0.3 is 12.0 Å². The van der Waals surface area contributed by atoms with E-state index in [-0.39, 0.29) is 11.0 Å². The monoisotopic (exact) mass is 568 g/mol. The lowest BCUT2D eigenvalue weighted by molar-refractivity contribution is 0.1000. The topological polar surface area (TPSA) is 105 Å². The summed E-state index contributed by atoms with van der Waals surface area (Å²) in [4.78, 5) is 36.4. The molecule has 10 heteroatoms. The molecule has 2 heterocycles. The summed E-state index contributed by atoms with van der Waals surface area (Å²) >= 11 is 1.15. The van der Waals surface area contributed by atoms with Crippen LogP contribution in [0.3, 0.4) is 0 Å². The van der Waals surface area contributed by atoms with Crippen LogP contribution in [0.15, 0.2) is 101 Å². The summed E-state index contributed by atoms with van der Waals surface area (Å²) in [7, 11) is 3.32. The Balaban J connectivity index is 1.45. The molecule has 4 aromatic rings. The highest BCUT2D eigenvalue weighted by Gasteiger charge is 2.42. The molecule has 9 nitrogen and oxygen atoms in total. The number of hydrogen-bond donors (Lipinski definition) is 1. The zero-order valence-electron chi connectivity index (χ0n) is 22.5. The lowest BCUT2D eigenvalue weighted by Gasteiger charge is -2.20. The lowest BCUT2D eigenvalue weighted by Crippen LogP contribution is -2.36. The predicted octanol–water partition coefficient (Wildman–Crippen LogP) is 5.80. The number of methoxy groups -OCH3 is 1. The molecule has 1 N–H and O–H groups in total. The van der Waals surface area contributed by atoms with E-state index in [2.05, 4.69) is 9.98 Å². The largest absolute Gasteiger partial charge is 0.497 e. The first-order valence-electron chi connectivity index (χ1n) is 12.8. The summed E-state index contributed by atoms with van der Waals surface area (Å²) in [5.74, 6) is 0.839. The van der Waals surface area contributed by atoms with Crippen LogP contribution < -0.4 is 9.47 Å². The van der Waals surface area contributed by atoms with Crippen molar-refractivity contribution in [2.45, 2.75) is 19.1 Å². The summed E-state index contributed by atoms with van der Waals surface area (Å²) in [6, 6.07) is 24.5. The zero-order chi connectivity index (χ0) is 28.8. The normalized spacial score (nSPS) is 16.8. The number of guanidine groups is 1. The van der Waals surface area contributed by atoms with E-state index in [0.717, 1.165) is 38.7 Å². The van der Waals surface area contributed by atoms with Crippen molar-refractivity contribution in [2.75, 3.05) is 14.2 Å². The van der Waals surface area contributed by atoms with E-state index in [1.165, 1.54) is 6.20 Å². The second kappa shape index (κ2) is 12.5. The van der Waals surface area contributed by atoms with Gasteiger partial charge in [-0.25, -0.2) is 14.7 Å². The molecular weight excluding hydrogens is 540 g/mol. The lowest BCUT2D eigenvalue weighted by atomic mass is 10.0. The number of carboxylic acid groups (broad SMARTS) is 1. The smallest absolute Gasteiger partial charge is 0.418 e. The second-order valence-corrected chi connectivity index (χ2v) is 10.2. The molecule has 3 aromatic carbocycles. The number of benzene rings is 3. The van der Waals surface area contributed by atoms with Crippen LogP contribution in [0, 0.1) is 0 Å². The summed E-state index contributed by atoms with van der Waals surface area (Å²) in [5, 5.41) is 12.1. The molecule has 0 aliphatic carbocycles. The molecule has 1 saturated heterocycles. The molecule has 0 radical (unpaired) electrons. The van der Waals surface area contributed by atoms with Crippen LogP contribution in [0.25, 0.3) is 6.08 Å². The molecule has 41 heavy (non-hydrogen) atoms. The molecule has 0 saturated carbocycles. The molecule has 1 aromatic heterocycles. The highest BCUT2D eigenvalue weighted by Crippen LogP contribution is 2.31. The first-order valence-corrected chi connectivity index (χ1v) is 13.7. The Labute approximate surface area is 241 Å². The van der Waals surface area contributed by atoms with Gasteiger partial charge in [0.05, 0.1) is 18.8 Å². The number of ether oxygens (including phenoxy) is 2. The number of aromatic nitrogens is 1. The number of hydrogen-bond acceptors (Lipinski definition) is 6. The number of rotatable bonds is 8. The van der Waals surface area contributed by atoms with Crippen LogP contribution in [0.2, 0.25) is 0 Å². The Hall–Kier alpha value is -4.96. The van der Waals surface area contributed by atoms with E-state index < -0.39 is 18.0 Å². The van der Waals surface area contributed by atoms with Crippen molar-refractivity contribution < 1.29 is 24.2 Å². The fourth-order valence-corrected chi connectivity index (χ4v) is 5.03. The van der Waals surface area contributed by atoms with Crippen molar-refractivity contribution in [3.05, 3.63) is 118 Å². The Morgan fingerprint density at radius 2 is 1.71 bits per heavy atom. The minimum absolute atomic E-state index is 0.0188. The van der Waals surface area contributed by atoms with Gasteiger partial charge in [-0.2, -0.15) is 4.99 Å². The molecule has 0 spiro atoms. The molecule has 1 aliphatic heterocycles. The number of carbonyl (C=O) groups excluding carboxylic acids is 1. The van der Waals surface area contributed by atoms with Crippen molar-refractivity contribution in [3.8, 4) is 11.5 Å². The van der Waals surface area contributed by atoms with Crippen LogP contribution in [0.4, 0.5) is 4.79 Å². The van der Waals surface area contributed by atoms with Crippen molar-refractivity contribution in [1.82, 2.24) is 14.8 Å². The number of aliphatic imine (C=N–C) groups is 1. The third-order valence-corrected chi connectivity index (χ3v) is 7.38. The molecule has 208 valence electrons. The molecular formula is C31H28N4O5S. The Bertz CT molecular complexity index is 1550. The fraction of sp³-hybridized carbons (Fsp3) is 0.161. The van der Waals surface area contributed by atoms with Gasteiger partial charge in [0.15, 0.2) is 5.01 Å². The summed E-state index contributed by atoms with van der Waals surface area (Å²) in [6.45, 7) is 0.459. The van der Waals surface area contributed by atoms with E-state index in [1.807, 2.05) is 66.7 Å². The second-order valence-electron chi connectivity index (χ2n) is 9.26. The van der Waals surface area contributed by atoms with E-state index in [1.54, 1.807) is 42.6 Å². The minimum atomic E-state index is -1.24. The number of carbonyl (C=O) groups is 2. The first-order chi connectivity index (χ1) is 19.9. The van der Waals surface area contributed by atoms with E-state index in [0.29, 0.717) is 24.5 Å². The molecule has 2 amide bonds. The van der Waals surface area contributed by atoms with Crippen LogP contribution in [-0.4, -0.2) is 58.0 Å². The van der Waals surface area contributed by atoms with Gasteiger partial charge < -0.3 is 19.5 Å². The maximum atomic E-state index is 12.8. The first kappa shape index (κ1) is 27.6. The van der Waals surface area contributed by atoms with Gasteiger partial charge in [0.2, 0.25) is 5.96 Å². The molecule has 1 atom stereocenters. The standard InChI is InChI=1S/C31H28N4O5S/c1-34-26(18-21-10-14-25(15-11-21)40-20-23-6-4-3-5-7-23)27(19-22-8-12-24(39-2)13-9-22)35(31(37)38)30(34)33-28(36)29-32-16-17-41-29/h3-17,19,26H,18,20H2,1-2H3,(H,37,38). The predicted molar refractivity (Wildman–Crippen MR) is 157 cm³/mol. The number of thiazole rings is 1. The van der Waals surface area contributed by atoms with Crippen molar-refractivity contribution >= 4 is 35.4 Å². The number of likely N-dealkylation sites (N-methyl/N-ethyl adjacent to an activating group) is 1. The SMILES string of the molecule is COc1ccc(C=C2C(Cc3ccc(OCc4ccccc4)cc3)N(C)C(=NC(=O)c3nccs3)N2C(=O)O)cc1. The zero-order valence-corrected chi connectivity index (χ0v) is 23.3. The van der Waals surface area contributed by atoms with Crippen molar-refractivity contribution in [1.29, 1.82) is 0 Å². The average Bonchev–Trinajstić information content (AvgIpc) is 3.62. The van der Waals surface area contributed by atoms with Gasteiger partial charge in [0.25, 0.3) is 0 Å². The highest BCUT2D eigenvalue weighted by atomic mass is 32.1. The maximum Gasteiger partial charge on any atom is 0.418 e. The van der Waals surface area contributed by atoms with Crippen LogP contribution in [0.1, 0.15) is 26.5 Å². The van der Waals surface area contributed by atoms with Crippen molar-refractivity contribution in [3.63, 3.8) is 0 Å². The summed E-state index contributed by atoms with van der Waals surface area (Å²) in [5.41, 5.74) is 3.29. The van der Waals surface area contributed by atoms with E-state index in [9.17, 15) is 14.7 Å². The van der Waals surface area contributed by atoms with E-state index in [4.69, 9.17) is 9.47 Å². The number of nitrogens with zero attached hydrogens (tertiary/aromatic N) is 4. The van der Waals surface area contributed by atoms with Crippen molar-refractivity contribution in [2.24, 2.45) is 4.99 Å². The summed E-state index contributed by atoms with van der Waals surface area (Å²) in [6.07, 6.45) is 2.53. The van der Waals surface area contributed by atoms with Gasteiger partial charge in [0, 0.05) is 18.6 Å². The minimum Gasteiger partial charge on any atom is -0.497 e. The average molecular weight is 569 g/mol. The quantitative estimate of drug-likeness (QED) is 0.286. The summed E-state index contributed by atoms with van der Waals surface area (Å²) < 4.78 is 11.2. The number of amides is 2. The third-order valence-electron chi connectivity index (χ3n) is 6.62. The molecule has 5 rings (SSSR count). The fourth-order valence-electron chi connectivity index (χ4n) is 4.51. The highest BCUT2D eigenvalue weighted by molar-refractivity contribution is 7.11. The van der Waals surface area contributed by atoms with Gasteiger partial charge in [0.1, 0.15) is 18.1 Å². The van der Waals surface area contributed by atoms with E-state index >= 15 is 0 Å². The van der Waals surface area contributed by atoms with Gasteiger partial charge in [-0.3, -0.25) is 4.79 Å². The molecule has 1 aliphatic rings. The van der Waals surface area contributed by atoms with Gasteiger partial charge in [-0.15, -0.1) is 11.3 Å². The van der Waals surface area contributed by atoms with Crippen LogP contribution >= 0.6 is 11.3 Å². The third kappa shape index (κ3) is 6.44. The molecule has 1 unspecified atom stereocenters. The Kier molecular flexibility index (Phi) is 8.40. The van der Waals surface area contributed by atoms with Gasteiger partial charge in [-0.05, 0) is 53.5 Å². The molecule has 1 fully saturated rings. The van der Waals surface area contributed by atoms with Crippen LogP contribution in [-0.2, 0) is 13.0 Å². The Morgan fingerprint density at radius 3 is 2.34 bits per heavy atom. The Morgan fingerprint density at radius 1 is 1.00 bits per heavy atom. The van der Waals surface area contributed by atoms with Gasteiger partial charge in [-0.1, -0.05) is 54.6 Å².